The standard InChI is InChI=1S/C10H13Br2NO/c1-13(2)6-7-14-10-8(11)4-3-5-9(10)12/h3-5H,6-7H2,1-2H3. The van der Waals surface area contributed by atoms with Gasteiger partial charge in [-0.2, -0.15) is 0 Å². The second kappa shape index (κ2) is 5.73. The molecule has 1 aromatic rings. The Hall–Kier alpha value is -0.0600. The predicted molar refractivity (Wildman–Crippen MR) is 65.9 cm³/mol. The normalized spacial score (nSPS) is 10.6. The zero-order valence-electron chi connectivity index (χ0n) is 8.26. The van der Waals surface area contributed by atoms with Crippen LogP contribution in [0.15, 0.2) is 27.1 Å². The summed E-state index contributed by atoms with van der Waals surface area (Å²) >= 11 is 6.89. The summed E-state index contributed by atoms with van der Waals surface area (Å²) in [6, 6.07) is 5.90. The Morgan fingerprint density at radius 2 is 1.79 bits per heavy atom. The first-order valence-electron chi connectivity index (χ1n) is 4.33. The van der Waals surface area contributed by atoms with Crippen molar-refractivity contribution >= 4 is 31.9 Å². The quantitative estimate of drug-likeness (QED) is 0.844. The second-order valence-electron chi connectivity index (χ2n) is 3.20. The van der Waals surface area contributed by atoms with Crippen molar-refractivity contribution in [3.05, 3.63) is 27.1 Å². The predicted octanol–water partition coefficient (Wildman–Crippen LogP) is 3.15. The first-order chi connectivity index (χ1) is 6.61. The van der Waals surface area contributed by atoms with Crippen molar-refractivity contribution in [1.82, 2.24) is 4.90 Å². The Kier molecular flexibility index (Phi) is 4.92. The summed E-state index contributed by atoms with van der Waals surface area (Å²) < 4.78 is 7.60. The topological polar surface area (TPSA) is 12.5 Å². The van der Waals surface area contributed by atoms with Gasteiger partial charge in [-0.25, -0.2) is 0 Å². The molecule has 0 saturated heterocycles. The molecule has 0 radical (unpaired) electrons. The molecule has 14 heavy (non-hydrogen) atoms. The number of hydrogen-bond acceptors (Lipinski definition) is 2. The molecule has 78 valence electrons. The van der Waals surface area contributed by atoms with Crippen molar-refractivity contribution in [2.75, 3.05) is 27.2 Å². The zero-order valence-corrected chi connectivity index (χ0v) is 11.4. The Morgan fingerprint density at radius 3 is 2.29 bits per heavy atom. The van der Waals surface area contributed by atoms with E-state index in [1.165, 1.54) is 0 Å². The summed E-state index contributed by atoms with van der Waals surface area (Å²) in [6.07, 6.45) is 0. The van der Waals surface area contributed by atoms with Gasteiger partial charge in [0.2, 0.25) is 0 Å². The molecule has 4 heteroatoms. The Labute approximate surface area is 101 Å². The SMILES string of the molecule is CN(C)CCOc1c(Br)cccc1Br. The van der Waals surface area contributed by atoms with Crippen LogP contribution in [0.3, 0.4) is 0 Å². The number of nitrogens with zero attached hydrogens (tertiary/aromatic N) is 1. The van der Waals surface area contributed by atoms with Gasteiger partial charge >= 0.3 is 0 Å². The van der Waals surface area contributed by atoms with Crippen LogP contribution in [0.25, 0.3) is 0 Å². The van der Waals surface area contributed by atoms with E-state index in [0.717, 1.165) is 21.2 Å². The number of ether oxygens (including phenoxy) is 1. The molecule has 0 saturated carbocycles. The molecule has 1 aromatic carbocycles. The number of benzene rings is 1. The number of halogens is 2. The van der Waals surface area contributed by atoms with Crippen molar-refractivity contribution in [2.45, 2.75) is 0 Å². The lowest BCUT2D eigenvalue weighted by Crippen LogP contribution is -2.19. The first-order valence-corrected chi connectivity index (χ1v) is 5.91. The maximum Gasteiger partial charge on any atom is 0.147 e. The highest BCUT2D eigenvalue weighted by atomic mass is 79.9. The van der Waals surface area contributed by atoms with Crippen LogP contribution < -0.4 is 4.74 Å². The lowest BCUT2D eigenvalue weighted by atomic mass is 10.3. The van der Waals surface area contributed by atoms with Gasteiger partial charge in [0.25, 0.3) is 0 Å². The fraction of sp³-hybridized carbons (Fsp3) is 0.400. The van der Waals surface area contributed by atoms with E-state index in [2.05, 4.69) is 36.8 Å². The van der Waals surface area contributed by atoms with Crippen LogP contribution >= 0.6 is 31.9 Å². The van der Waals surface area contributed by atoms with E-state index in [4.69, 9.17) is 4.74 Å². The second-order valence-corrected chi connectivity index (χ2v) is 4.91. The van der Waals surface area contributed by atoms with Crippen LogP contribution in [-0.4, -0.2) is 32.1 Å². The molecule has 0 amide bonds. The number of rotatable bonds is 4. The third-order valence-electron chi connectivity index (χ3n) is 1.70. The molecule has 0 N–H and O–H groups in total. The Balaban J connectivity index is 2.58. The van der Waals surface area contributed by atoms with E-state index < -0.39 is 0 Å². The third-order valence-corrected chi connectivity index (χ3v) is 2.95. The van der Waals surface area contributed by atoms with Gasteiger partial charge in [-0.15, -0.1) is 0 Å². The lowest BCUT2D eigenvalue weighted by Gasteiger charge is -2.13. The van der Waals surface area contributed by atoms with Crippen LogP contribution in [-0.2, 0) is 0 Å². The molecule has 0 atom stereocenters. The van der Waals surface area contributed by atoms with Gasteiger partial charge in [0, 0.05) is 6.54 Å². The Bertz CT molecular complexity index is 282. The highest BCUT2D eigenvalue weighted by Gasteiger charge is 2.05. The van der Waals surface area contributed by atoms with Crippen molar-refractivity contribution in [1.29, 1.82) is 0 Å². The van der Waals surface area contributed by atoms with Gasteiger partial charge in [0.05, 0.1) is 8.95 Å². The average molecular weight is 323 g/mol. The van der Waals surface area contributed by atoms with Crippen molar-refractivity contribution in [2.24, 2.45) is 0 Å². The fourth-order valence-corrected chi connectivity index (χ4v) is 2.18. The van der Waals surface area contributed by atoms with Crippen LogP contribution in [0.5, 0.6) is 5.75 Å². The van der Waals surface area contributed by atoms with Gasteiger partial charge in [-0.3, -0.25) is 0 Å². The zero-order chi connectivity index (χ0) is 10.6. The molecule has 0 aliphatic heterocycles. The van der Waals surface area contributed by atoms with Gasteiger partial charge in [-0.1, -0.05) is 6.07 Å². The minimum absolute atomic E-state index is 0.689. The van der Waals surface area contributed by atoms with Crippen molar-refractivity contribution in [3.63, 3.8) is 0 Å². The van der Waals surface area contributed by atoms with Crippen LogP contribution in [0.4, 0.5) is 0 Å². The van der Waals surface area contributed by atoms with Crippen LogP contribution in [0.2, 0.25) is 0 Å². The van der Waals surface area contributed by atoms with Gasteiger partial charge in [0.15, 0.2) is 0 Å². The smallest absolute Gasteiger partial charge is 0.147 e. The molecule has 0 spiro atoms. The molecule has 0 heterocycles. The van der Waals surface area contributed by atoms with Crippen molar-refractivity contribution < 1.29 is 4.74 Å². The Morgan fingerprint density at radius 1 is 1.21 bits per heavy atom. The highest BCUT2D eigenvalue weighted by Crippen LogP contribution is 2.32. The molecule has 0 aliphatic carbocycles. The summed E-state index contributed by atoms with van der Waals surface area (Å²) in [7, 11) is 4.05. The van der Waals surface area contributed by atoms with E-state index in [1.807, 2.05) is 32.3 Å². The van der Waals surface area contributed by atoms with Gasteiger partial charge in [-0.05, 0) is 58.1 Å². The first kappa shape index (κ1) is 12.0. The maximum atomic E-state index is 5.64. The fourth-order valence-electron chi connectivity index (χ4n) is 0.951. The number of hydrogen-bond donors (Lipinski definition) is 0. The maximum absolute atomic E-state index is 5.64. The van der Waals surface area contributed by atoms with E-state index >= 15 is 0 Å². The van der Waals surface area contributed by atoms with Crippen LogP contribution in [0, 0.1) is 0 Å². The number of likely N-dealkylation sites (N-methyl/N-ethyl adjacent to an activating group) is 1. The minimum atomic E-state index is 0.689. The van der Waals surface area contributed by atoms with E-state index in [-0.39, 0.29) is 0 Å². The highest BCUT2D eigenvalue weighted by molar-refractivity contribution is 9.11. The molecule has 0 fully saturated rings. The lowest BCUT2D eigenvalue weighted by molar-refractivity contribution is 0.259. The molecule has 2 nitrogen and oxygen atoms in total. The third kappa shape index (κ3) is 3.59. The van der Waals surface area contributed by atoms with Crippen molar-refractivity contribution in [3.8, 4) is 5.75 Å². The summed E-state index contributed by atoms with van der Waals surface area (Å²) in [5.74, 6) is 0.870. The molecule has 1 rings (SSSR count). The summed E-state index contributed by atoms with van der Waals surface area (Å²) in [6.45, 7) is 1.60. The van der Waals surface area contributed by atoms with Crippen LogP contribution in [0.1, 0.15) is 0 Å². The summed E-state index contributed by atoms with van der Waals surface area (Å²) in [4.78, 5) is 2.09. The summed E-state index contributed by atoms with van der Waals surface area (Å²) in [5.41, 5.74) is 0. The number of para-hydroxylation sites is 1. The monoisotopic (exact) mass is 321 g/mol. The molecular weight excluding hydrogens is 310 g/mol. The average Bonchev–Trinajstić information content (AvgIpc) is 2.09. The molecule has 0 unspecified atom stereocenters. The molecular formula is C10H13Br2NO. The van der Waals surface area contributed by atoms with E-state index in [9.17, 15) is 0 Å². The van der Waals surface area contributed by atoms with E-state index in [1.54, 1.807) is 0 Å². The molecule has 0 bridgehead atoms. The largest absolute Gasteiger partial charge is 0.490 e. The van der Waals surface area contributed by atoms with Gasteiger partial charge in [0.1, 0.15) is 12.4 Å². The molecule has 0 aliphatic rings. The summed E-state index contributed by atoms with van der Waals surface area (Å²) in [5, 5.41) is 0. The molecule has 0 aromatic heterocycles. The van der Waals surface area contributed by atoms with E-state index in [0.29, 0.717) is 6.61 Å². The van der Waals surface area contributed by atoms with Gasteiger partial charge < -0.3 is 9.64 Å². The minimum Gasteiger partial charge on any atom is -0.490 e.